The number of hydrogen-bond donors (Lipinski definition) is 1. The summed E-state index contributed by atoms with van der Waals surface area (Å²) in [6.07, 6.45) is 0.131. The number of nitrogens with one attached hydrogen (secondary N) is 1. The number of ether oxygens (including phenoxy) is 1. The molecular formula is C19H19FN2O3. The second kappa shape index (κ2) is 7.79. The van der Waals surface area contributed by atoms with Gasteiger partial charge in [-0.25, -0.2) is 9.18 Å². The lowest BCUT2D eigenvalue weighted by molar-refractivity contribution is -0.119. The van der Waals surface area contributed by atoms with E-state index in [4.69, 9.17) is 4.74 Å². The van der Waals surface area contributed by atoms with Gasteiger partial charge in [-0.05, 0) is 30.2 Å². The number of carbonyl (C=O) groups is 2. The minimum absolute atomic E-state index is 0.205. The van der Waals surface area contributed by atoms with Crippen molar-refractivity contribution in [3.8, 4) is 0 Å². The van der Waals surface area contributed by atoms with Gasteiger partial charge in [-0.1, -0.05) is 36.4 Å². The lowest BCUT2D eigenvalue weighted by Gasteiger charge is -2.16. The second-order valence-corrected chi connectivity index (χ2v) is 5.97. The molecule has 1 heterocycles. The standard InChI is InChI=1S/C19H19FN2O3/c20-16-7-4-8-17(11-16)21-18(23)15-9-10-22(12-15)19(24)25-13-14-5-2-1-3-6-14/h1-8,11,15H,9-10,12-13H2,(H,21,23). The molecule has 1 N–H and O–H groups in total. The van der Waals surface area contributed by atoms with E-state index in [1.165, 1.54) is 23.1 Å². The van der Waals surface area contributed by atoms with Crippen molar-refractivity contribution in [2.75, 3.05) is 18.4 Å². The van der Waals surface area contributed by atoms with Gasteiger partial charge in [-0.2, -0.15) is 0 Å². The van der Waals surface area contributed by atoms with Crippen LogP contribution in [0.2, 0.25) is 0 Å². The summed E-state index contributed by atoms with van der Waals surface area (Å²) >= 11 is 0. The Balaban J connectivity index is 1.49. The molecule has 25 heavy (non-hydrogen) atoms. The van der Waals surface area contributed by atoms with Crippen LogP contribution in [0.3, 0.4) is 0 Å². The van der Waals surface area contributed by atoms with Crippen LogP contribution in [0.15, 0.2) is 54.6 Å². The van der Waals surface area contributed by atoms with E-state index in [1.54, 1.807) is 6.07 Å². The smallest absolute Gasteiger partial charge is 0.410 e. The molecule has 130 valence electrons. The molecule has 0 aromatic heterocycles. The van der Waals surface area contributed by atoms with Gasteiger partial charge in [-0.3, -0.25) is 4.79 Å². The van der Waals surface area contributed by atoms with Crippen molar-refractivity contribution >= 4 is 17.7 Å². The number of hydrogen-bond acceptors (Lipinski definition) is 3. The molecule has 2 amide bonds. The van der Waals surface area contributed by atoms with Crippen LogP contribution in [0.5, 0.6) is 0 Å². The fourth-order valence-electron chi connectivity index (χ4n) is 2.76. The molecule has 5 nitrogen and oxygen atoms in total. The average Bonchev–Trinajstić information content (AvgIpc) is 3.11. The Hall–Kier alpha value is -2.89. The summed E-state index contributed by atoms with van der Waals surface area (Å²) in [5, 5.41) is 2.68. The van der Waals surface area contributed by atoms with Crippen molar-refractivity contribution in [3.05, 3.63) is 66.0 Å². The SMILES string of the molecule is O=C(Nc1cccc(F)c1)C1CCN(C(=O)OCc2ccccc2)C1. The lowest BCUT2D eigenvalue weighted by atomic mass is 10.1. The Kier molecular flexibility index (Phi) is 5.28. The van der Waals surface area contributed by atoms with E-state index >= 15 is 0 Å². The third-order valence-electron chi connectivity index (χ3n) is 4.11. The summed E-state index contributed by atoms with van der Waals surface area (Å²) in [6.45, 7) is 0.972. The molecule has 1 aliphatic rings. The first kappa shape index (κ1) is 17.0. The van der Waals surface area contributed by atoms with E-state index in [0.717, 1.165) is 5.56 Å². The minimum atomic E-state index is -0.426. The van der Waals surface area contributed by atoms with E-state index in [9.17, 15) is 14.0 Å². The maximum absolute atomic E-state index is 13.2. The van der Waals surface area contributed by atoms with Gasteiger partial charge in [0.25, 0.3) is 0 Å². The molecule has 1 saturated heterocycles. The maximum Gasteiger partial charge on any atom is 0.410 e. The molecule has 0 saturated carbocycles. The van der Waals surface area contributed by atoms with Crippen LogP contribution in [0.25, 0.3) is 0 Å². The molecule has 1 atom stereocenters. The van der Waals surface area contributed by atoms with Crippen LogP contribution >= 0.6 is 0 Å². The molecule has 1 aliphatic heterocycles. The first-order valence-electron chi connectivity index (χ1n) is 8.14. The Morgan fingerprint density at radius 2 is 1.96 bits per heavy atom. The largest absolute Gasteiger partial charge is 0.445 e. The van der Waals surface area contributed by atoms with E-state index < -0.39 is 11.9 Å². The minimum Gasteiger partial charge on any atom is -0.445 e. The Labute approximate surface area is 145 Å². The fraction of sp³-hybridized carbons (Fsp3) is 0.263. The van der Waals surface area contributed by atoms with Crippen LogP contribution in [0, 0.1) is 11.7 Å². The van der Waals surface area contributed by atoms with E-state index in [0.29, 0.717) is 25.2 Å². The number of benzene rings is 2. The average molecular weight is 342 g/mol. The highest BCUT2D eigenvalue weighted by Gasteiger charge is 2.31. The highest BCUT2D eigenvalue weighted by atomic mass is 19.1. The molecule has 0 bridgehead atoms. The molecule has 0 spiro atoms. The number of amides is 2. The zero-order valence-corrected chi connectivity index (χ0v) is 13.7. The Bertz CT molecular complexity index is 751. The Morgan fingerprint density at radius 1 is 1.16 bits per heavy atom. The van der Waals surface area contributed by atoms with Gasteiger partial charge in [-0.15, -0.1) is 0 Å². The van der Waals surface area contributed by atoms with Crippen molar-refractivity contribution in [2.45, 2.75) is 13.0 Å². The quantitative estimate of drug-likeness (QED) is 0.926. The van der Waals surface area contributed by atoms with Crippen molar-refractivity contribution in [2.24, 2.45) is 5.92 Å². The number of nitrogens with zero attached hydrogens (tertiary/aromatic N) is 1. The first-order chi connectivity index (χ1) is 12.1. The van der Waals surface area contributed by atoms with Crippen molar-refractivity contribution in [1.82, 2.24) is 4.90 Å². The highest BCUT2D eigenvalue weighted by Crippen LogP contribution is 2.20. The maximum atomic E-state index is 13.2. The van der Waals surface area contributed by atoms with Crippen molar-refractivity contribution in [3.63, 3.8) is 0 Å². The van der Waals surface area contributed by atoms with Crippen LogP contribution < -0.4 is 5.32 Å². The fourth-order valence-corrected chi connectivity index (χ4v) is 2.76. The summed E-state index contributed by atoms with van der Waals surface area (Å²) in [6, 6.07) is 15.2. The number of likely N-dealkylation sites (tertiary alicyclic amines) is 1. The van der Waals surface area contributed by atoms with Gasteiger partial charge >= 0.3 is 6.09 Å². The Morgan fingerprint density at radius 3 is 2.72 bits per heavy atom. The molecular weight excluding hydrogens is 323 g/mol. The summed E-state index contributed by atoms with van der Waals surface area (Å²) in [7, 11) is 0. The first-order valence-corrected chi connectivity index (χ1v) is 8.14. The zero-order valence-electron chi connectivity index (χ0n) is 13.7. The lowest BCUT2D eigenvalue weighted by Crippen LogP contribution is -2.31. The molecule has 0 aliphatic carbocycles. The predicted molar refractivity (Wildman–Crippen MR) is 91.3 cm³/mol. The second-order valence-electron chi connectivity index (χ2n) is 5.97. The van der Waals surface area contributed by atoms with E-state index in [-0.39, 0.29) is 18.4 Å². The summed E-state index contributed by atoms with van der Waals surface area (Å²) in [5.74, 6) is -0.952. The molecule has 6 heteroatoms. The van der Waals surface area contributed by atoms with Gasteiger partial charge in [0.15, 0.2) is 0 Å². The van der Waals surface area contributed by atoms with Gasteiger partial charge in [0, 0.05) is 18.8 Å². The van der Waals surface area contributed by atoms with Gasteiger partial charge in [0.05, 0.1) is 5.92 Å². The van der Waals surface area contributed by atoms with Gasteiger partial charge in [0.1, 0.15) is 12.4 Å². The zero-order chi connectivity index (χ0) is 17.6. The molecule has 2 aromatic rings. The van der Waals surface area contributed by atoms with Gasteiger partial charge < -0.3 is 15.0 Å². The molecule has 1 fully saturated rings. The molecule has 0 radical (unpaired) electrons. The van der Waals surface area contributed by atoms with E-state index in [2.05, 4.69) is 5.32 Å². The molecule has 3 rings (SSSR count). The molecule has 1 unspecified atom stereocenters. The topological polar surface area (TPSA) is 58.6 Å². The monoisotopic (exact) mass is 342 g/mol. The summed E-state index contributed by atoms with van der Waals surface area (Å²) < 4.78 is 18.4. The summed E-state index contributed by atoms with van der Waals surface area (Å²) in [5.41, 5.74) is 1.32. The number of anilines is 1. The van der Waals surface area contributed by atoms with Gasteiger partial charge in [0.2, 0.25) is 5.91 Å². The third kappa shape index (κ3) is 4.56. The van der Waals surface area contributed by atoms with Crippen LogP contribution in [0.4, 0.5) is 14.9 Å². The van der Waals surface area contributed by atoms with Crippen LogP contribution in [-0.2, 0) is 16.1 Å². The van der Waals surface area contributed by atoms with Crippen molar-refractivity contribution in [1.29, 1.82) is 0 Å². The number of carbonyl (C=O) groups excluding carboxylic acids is 2. The number of rotatable bonds is 4. The summed E-state index contributed by atoms with van der Waals surface area (Å²) in [4.78, 5) is 25.9. The molecule has 2 aromatic carbocycles. The van der Waals surface area contributed by atoms with Crippen LogP contribution in [-0.4, -0.2) is 30.0 Å². The number of halogens is 1. The normalized spacial score (nSPS) is 16.5. The van der Waals surface area contributed by atoms with E-state index in [1.807, 2.05) is 30.3 Å². The van der Waals surface area contributed by atoms with Crippen LogP contribution in [0.1, 0.15) is 12.0 Å². The third-order valence-corrected chi connectivity index (χ3v) is 4.11. The van der Waals surface area contributed by atoms with Crippen molar-refractivity contribution < 1.29 is 18.7 Å². The highest BCUT2D eigenvalue weighted by molar-refractivity contribution is 5.93. The predicted octanol–water partition coefficient (Wildman–Crippen LogP) is 3.42.